The average Bonchev–Trinajstić information content (AvgIpc) is 3.87. The minimum atomic E-state index is -0.575. The fourth-order valence-corrected chi connectivity index (χ4v) is 11.8. The van der Waals surface area contributed by atoms with Crippen molar-refractivity contribution >= 4 is 59.7 Å². The van der Waals surface area contributed by atoms with Crippen molar-refractivity contribution in [2.75, 3.05) is 4.90 Å². The van der Waals surface area contributed by atoms with Crippen molar-refractivity contribution in [3.63, 3.8) is 0 Å². The normalized spacial score (nSPS) is 15.2. The first-order valence-electron chi connectivity index (χ1n) is 21.0. The van der Waals surface area contributed by atoms with E-state index in [4.69, 9.17) is 4.74 Å². The van der Waals surface area contributed by atoms with Gasteiger partial charge in [-0.3, -0.25) is 0 Å². The predicted octanol–water partition coefficient (Wildman–Crippen LogP) is 15.7. The van der Waals surface area contributed by atoms with Crippen molar-refractivity contribution in [3.8, 4) is 22.6 Å². The standard InChI is InChI=1S/C58H37NOS/c1-4-18-37(19-5-1)54-55(38-20-6-2-7-21-38)56(54)39-34-49(57-44-26-12-17-31-52(44)61-53(57)35-39)59(40-22-8-3-9-23-40)41-32-33-51-48(36-41)58(47-29-15-16-30-50(47)60-51)45-27-13-10-24-42(45)43-25-11-14-28-46(43)58/h1-36,54H/t54-/m1/s1. The summed E-state index contributed by atoms with van der Waals surface area (Å²) in [5.41, 5.74) is 16.8. The summed E-state index contributed by atoms with van der Waals surface area (Å²) in [5.74, 6) is 1.99. The molecule has 9 aromatic carbocycles. The minimum absolute atomic E-state index is 0.219. The van der Waals surface area contributed by atoms with Crippen molar-refractivity contribution in [2.45, 2.75) is 11.3 Å². The largest absolute Gasteiger partial charge is 0.457 e. The van der Waals surface area contributed by atoms with Gasteiger partial charge in [-0.2, -0.15) is 0 Å². The molecule has 3 heteroatoms. The van der Waals surface area contributed by atoms with E-state index >= 15 is 0 Å². The number of thiophene rings is 1. The van der Waals surface area contributed by atoms with Crippen LogP contribution in [0.5, 0.6) is 11.5 Å². The highest BCUT2D eigenvalue weighted by Crippen LogP contribution is 2.64. The second-order valence-electron chi connectivity index (χ2n) is 16.3. The fourth-order valence-electron chi connectivity index (χ4n) is 10.6. The van der Waals surface area contributed by atoms with Gasteiger partial charge in [0.15, 0.2) is 0 Å². The van der Waals surface area contributed by atoms with Gasteiger partial charge in [-0.05, 0) is 105 Å². The first-order valence-corrected chi connectivity index (χ1v) is 21.9. The Hall–Kier alpha value is -7.46. The van der Waals surface area contributed by atoms with E-state index in [2.05, 4.69) is 223 Å². The lowest BCUT2D eigenvalue weighted by atomic mass is 9.66. The summed E-state index contributed by atoms with van der Waals surface area (Å²) in [6, 6.07) is 80.1. The molecule has 2 aliphatic carbocycles. The molecule has 0 amide bonds. The van der Waals surface area contributed by atoms with E-state index in [0.29, 0.717) is 0 Å². The number of allylic oxidation sites excluding steroid dienone is 2. The van der Waals surface area contributed by atoms with E-state index in [1.54, 1.807) is 0 Å². The second kappa shape index (κ2) is 13.3. The molecular formula is C58H37NOS. The van der Waals surface area contributed by atoms with Crippen LogP contribution in [0, 0.1) is 0 Å². The summed E-state index contributed by atoms with van der Waals surface area (Å²) in [4.78, 5) is 2.49. The van der Waals surface area contributed by atoms with Crippen molar-refractivity contribution in [1.29, 1.82) is 0 Å². The highest BCUT2D eigenvalue weighted by atomic mass is 32.1. The van der Waals surface area contributed by atoms with E-state index in [1.807, 2.05) is 11.3 Å². The Morgan fingerprint density at radius 3 is 1.77 bits per heavy atom. The summed E-state index contributed by atoms with van der Waals surface area (Å²) in [6.07, 6.45) is 0. The third-order valence-corrected chi connectivity index (χ3v) is 14.2. The van der Waals surface area contributed by atoms with E-state index < -0.39 is 5.41 Å². The van der Waals surface area contributed by atoms with Crippen LogP contribution in [0.25, 0.3) is 42.4 Å². The molecule has 10 aromatic rings. The summed E-state index contributed by atoms with van der Waals surface area (Å²) >= 11 is 1.88. The van der Waals surface area contributed by atoms with Crippen LogP contribution in [0.2, 0.25) is 0 Å². The lowest BCUT2D eigenvalue weighted by Gasteiger charge is -2.40. The van der Waals surface area contributed by atoms with Crippen LogP contribution < -0.4 is 9.64 Å². The zero-order valence-electron chi connectivity index (χ0n) is 33.1. The highest BCUT2D eigenvalue weighted by molar-refractivity contribution is 7.26. The molecule has 1 aromatic heterocycles. The number of para-hydroxylation sites is 2. The Balaban J connectivity index is 1.09. The van der Waals surface area contributed by atoms with E-state index in [9.17, 15) is 0 Å². The molecule has 1 atom stereocenters. The fraction of sp³-hybridized carbons (Fsp3) is 0.0345. The summed E-state index contributed by atoms with van der Waals surface area (Å²) in [5, 5.41) is 2.53. The summed E-state index contributed by atoms with van der Waals surface area (Å²) < 4.78 is 9.46. The van der Waals surface area contributed by atoms with Gasteiger partial charge in [-0.25, -0.2) is 0 Å². The number of anilines is 3. The SMILES string of the molecule is c1ccc(C2=C(c3cc(N(c4ccccc4)c4ccc5c(c4)C4(c6ccccc6O5)c5ccccc5-c5ccccc54)c4c(c3)sc3ccccc34)[C@@H]2c2ccccc2)cc1. The maximum absolute atomic E-state index is 6.90. The van der Waals surface area contributed by atoms with Crippen molar-refractivity contribution < 1.29 is 4.74 Å². The van der Waals surface area contributed by atoms with Gasteiger partial charge in [0, 0.05) is 48.6 Å². The average molecular weight is 796 g/mol. The molecule has 2 heterocycles. The van der Waals surface area contributed by atoms with Gasteiger partial charge in [0.05, 0.1) is 11.1 Å². The second-order valence-corrected chi connectivity index (χ2v) is 17.4. The van der Waals surface area contributed by atoms with Crippen LogP contribution in [0.15, 0.2) is 218 Å². The number of fused-ring (bicyclic) bond motifs is 12. The Morgan fingerprint density at radius 2 is 1.02 bits per heavy atom. The smallest absolute Gasteiger partial charge is 0.132 e. The molecular weight excluding hydrogens is 759 g/mol. The topological polar surface area (TPSA) is 12.5 Å². The number of rotatable bonds is 6. The molecule has 13 rings (SSSR count). The third kappa shape index (κ3) is 5.02. The monoisotopic (exact) mass is 795 g/mol. The van der Waals surface area contributed by atoms with Gasteiger partial charge in [-0.1, -0.05) is 164 Å². The molecule has 0 fully saturated rings. The number of benzene rings is 9. The lowest BCUT2D eigenvalue weighted by molar-refractivity contribution is 0.436. The van der Waals surface area contributed by atoms with E-state index in [1.165, 1.54) is 70.3 Å². The van der Waals surface area contributed by atoms with Gasteiger partial charge in [0.2, 0.25) is 0 Å². The van der Waals surface area contributed by atoms with Crippen molar-refractivity contribution in [1.82, 2.24) is 0 Å². The maximum atomic E-state index is 6.90. The Bertz CT molecular complexity index is 3360. The van der Waals surface area contributed by atoms with Crippen LogP contribution in [-0.4, -0.2) is 0 Å². The Labute approximate surface area is 358 Å². The first-order chi connectivity index (χ1) is 30.3. The summed E-state index contributed by atoms with van der Waals surface area (Å²) in [7, 11) is 0. The molecule has 1 spiro atoms. The van der Waals surface area contributed by atoms with E-state index in [0.717, 1.165) is 39.7 Å². The Morgan fingerprint density at radius 1 is 0.426 bits per heavy atom. The molecule has 2 nitrogen and oxygen atoms in total. The molecule has 0 unspecified atom stereocenters. The molecule has 3 aliphatic rings. The van der Waals surface area contributed by atoms with Crippen molar-refractivity contribution in [3.05, 3.63) is 257 Å². The number of ether oxygens (including phenoxy) is 1. The van der Waals surface area contributed by atoms with Gasteiger partial charge >= 0.3 is 0 Å². The molecule has 0 saturated carbocycles. The van der Waals surface area contributed by atoms with Crippen LogP contribution in [0.4, 0.5) is 17.1 Å². The summed E-state index contributed by atoms with van der Waals surface area (Å²) in [6.45, 7) is 0. The number of hydrogen-bond acceptors (Lipinski definition) is 3. The molecule has 0 saturated heterocycles. The first kappa shape index (κ1) is 34.4. The molecule has 286 valence electrons. The zero-order chi connectivity index (χ0) is 40.1. The van der Waals surface area contributed by atoms with Crippen LogP contribution in [0.3, 0.4) is 0 Å². The molecule has 1 aliphatic heterocycles. The van der Waals surface area contributed by atoms with E-state index in [-0.39, 0.29) is 5.92 Å². The zero-order valence-corrected chi connectivity index (χ0v) is 33.9. The molecule has 0 N–H and O–H groups in total. The number of hydrogen-bond donors (Lipinski definition) is 0. The van der Waals surface area contributed by atoms with Gasteiger partial charge in [-0.15, -0.1) is 11.3 Å². The minimum Gasteiger partial charge on any atom is -0.457 e. The van der Waals surface area contributed by atoms with Gasteiger partial charge in [0.25, 0.3) is 0 Å². The third-order valence-electron chi connectivity index (χ3n) is 13.1. The molecule has 0 radical (unpaired) electrons. The molecule has 61 heavy (non-hydrogen) atoms. The predicted molar refractivity (Wildman–Crippen MR) is 254 cm³/mol. The lowest BCUT2D eigenvalue weighted by Crippen LogP contribution is -2.32. The van der Waals surface area contributed by atoms with Crippen molar-refractivity contribution in [2.24, 2.45) is 0 Å². The van der Waals surface area contributed by atoms with Crippen LogP contribution in [0.1, 0.15) is 44.9 Å². The van der Waals surface area contributed by atoms with Crippen LogP contribution in [-0.2, 0) is 5.41 Å². The number of nitrogens with zero attached hydrogens (tertiary/aromatic N) is 1. The quantitative estimate of drug-likeness (QED) is 0.166. The van der Waals surface area contributed by atoms with Crippen LogP contribution >= 0.6 is 11.3 Å². The van der Waals surface area contributed by atoms with Gasteiger partial charge < -0.3 is 9.64 Å². The highest BCUT2D eigenvalue weighted by Gasteiger charge is 2.51. The van der Waals surface area contributed by atoms with Gasteiger partial charge in [0.1, 0.15) is 11.5 Å². The maximum Gasteiger partial charge on any atom is 0.132 e. The Kier molecular flexibility index (Phi) is 7.49. The molecule has 0 bridgehead atoms.